The second-order valence-electron chi connectivity index (χ2n) is 3.00. The van der Waals surface area contributed by atoms with Crippen LogP contribution in [0.15, 0.2) is 0 Å². The monoisotopic (exact) mass is 178 g/mol. The zero-order chi connectivity index (χ0) is 7.61. The molecule has 1 rings (SSSR count). The van der Waals surface area contributed by atoms with E-state index in [0.717, 1.165) is 19.3 Å². The standard InChI is InChI=1S/C7H13NO2.ClH/c8-7(6(9)10)4-2-1-3-5-7;/h1-5,8H2,(H,9,10);1H/p-1. The van der Waals surface area contributed by atoms with Crippen molar-refractivity contribution in [1.29, 1.82) is 0 Å². The van der Waals surface area contributed by atoms with Crippen LogP contribution in [0.4, 0.5) is 0 Å². The van der Waals surface area contributed by atoms with Gasteiger partial charge in [0.15, 0.2) is 0 Å². The second kappa shape index (κ2) is 3.93. The van der Waals surface area contributed by atoms with E-state index in [1.807, 2.05) is 0 Å². The summed E-state index contributed by atoms with van der Waals surface area (Å²) in [6, 6.07) is 0. The molecule has 4 heteroatoms. The van der Waals surface area contributed by atoms with Gasteiger partial charge in [-0.2, -0.15) is 0 Å². The van der Waals surface area contributed by atoms with Crippen molar-refractivity contribution in [1.82, 2.24) is 0 Å². The lowest BCUT2D eigenvalue weighted by Crippen LogP contribution is -2.56. The Morgan fingerprint density at radius 3 is 2.00 bits per heavy atom. The van der Waals surface area contributed by atoms with Crippen LogP contribution in [0.1, 0.15) is 32.1 Å². The van der Waals surface area contributed by atoms with E-state index < -0.39 is 11.5 Å². The normalized spacial score (nSPS) is 21.9. The molecule has 1 saturated carbocycles. The van der Waals surface area contributed by atoms with Crippen molar-refractivity contribution in [2.75, 3.05) is 0 Å². The molecule has 0 saturated heterocycles. The zero-order valence-electron chi connectivity index (χ0n) is 6.34. The van der Waals surface area contributed by atoms with Crippen LogP contribution in [0, 0.1) is 0 Å². The lowest BCUT2D eigenvalue weighted by molar-refractivity contribution is -0.314. The largest absolute Gasteiger partial charge is 0.548 e. The molecule has 0 aromatic rings. The molecule has 1 aliphatic rings. The van der Waals surface area contributed by atoms with Crippen LogP contribution in [0.5, 0.6) is 0 Å². The summed E-state index contributed by atoms with van der Waals surface area (Å²) in [6.45, 7) is 0. The molecule has 3 nitrogen and oxygen atoms in total. The number of aliphatic carboxylic acids is 1. The van der Waals surface area contributed by atoms with Gasteiger partial charge in [0.25, 0.3) is 0 Å². The Morgan fingerprint density at radius 2 is 1.73 bits per heavy atom. The van der Waals surface area contributed by atoms with Gasteiger partial charge < -0.3 is 15.6 Å². The number of hydrogen-bond donors (Lipinski definition) is 1. The fourth-order valence-electron chi connectivity index (χ4n) is 1.39. The molecule has 0 atom stereocenters. The molecule has 0 aromatic heterocycles. The fraction of sp³-hybridized carbons (Fsp3) is 0.857. The summed E-state index contributed by atoms with van der Waals surface area (Å²) >= 11 is 0. The molecule has 1 fully saturated rings. The summed E-state index contributed by atoms with van der Waals surface area (Å²) in [5.41, 5.74) is 4.52. The first-order valence-corrected chi connectivity index (χ1v) is 3.65. The highest BCUT2D eigenvalue weighted by Crippen LogP contribution is 2.24. The molecule has 11 heavy (non-hydrogen) atoms. The number of hydrogen-bond acceptors (Lipinski definition) is 3. The van der Waals surface area contributed by atoms with Gasteiger partial charge in [-0.3, -0.25) is 0 Å². The molecule has 0 unspecified atom stereocenters. The predicted molar refractivity (Wildman–Crippen MR) is 42.3 cm³/mol. The predicted octanol–water partition coefficient (Wildman–Crippen LogP) is -0.180. The lowest BCUT2D eigenvalue weighted by Gasteiger charge is -2.33. The summed E-state index contributed by atoms with van der Waals surface area (Å²) in [4.78, 5) is 10.4. The van der Waals surface area contributed by atoms with Gasteiger partial charge in [0.1, 0.15) is 0 Å². The number of carbonyl (C=O) groups is 1. The van der Waals surface area contributed by atoms with Crippen molar-refractivity contribution in [2.45, 2.75) is 37.6 Å². The number of nitrogens with two attached hydrogens (primary N) is 1. The Balaban J connectivity index is 0.000001000. The maximum absolute atomic E-state index is 10.4. The van der Waals surface area contributed by atoms with E-state index >= 15 is 0 Å². The average Bonchev–Trinajstić information content (AvgIpc) is 1.89. The highest BCUT2D eigenvalue weighted by Gasteiger charge is 2.28. The third-order valence-electron chi connectivity index (χ3n) is 2.15. The summed E-state index contributed by atoms with van der Waals surface area (Å²) in [7, 11) is 0. The maximum Gasteiger partial charge on any atom is 0.0613 e. The van der Waals surface area contributed by atoms with Gasteiger partial charge in [-0.1, -0.05) is 19.3 Å². The molecule has 2 N–H and O–H groups in total. The van der Waals surface area contributed by atoms with Crippen molar-refractivity contribution in [3.8, 4) is 0 Å². The first-order chi connectivity index (χ1) is 4.65. The van der Waals surface area contributed by atoms with Crippen molar-refractivity contribution in [3.63, 3.8) is 0 Å². The topological polar surface area (TPSA) is 66.2 Å². The number of halogens is 1. The van der Waals surface area contributed by atoms with Crippen LogP contribution < -0.4 is 10.8 Å². The maximum atomic E-state index is 10.4. The van der Waals surface area contributed by atoms with Crippen LogP contribution >= 0.6 is 12.4 Å². The lowest BCUT2D eigenvalue weighted by atomic mass is 9.83. The Kier molecular flexibility index (Phi) is 3.83. The number of carboxylic acid groups (broad SMARTS) is 1. The van der Waals surface area contributed by atoms with E-state index in [0.29, 0.717) is 12.8 Å². The Labute approximate surface area is 72.4 Å². The molecule has 0 heterocycles. The van der Waals surface area contributed by atoms with E-state index in [9.17, 15) is 9.90 Å². The van der Waals surface area contributed by atoms with Crippen LogP contribution in [-0.4, -0.2) is 11.5 Å². The molecular formula is C7H13ClNO2-. The van der Waals surface area contributed by atoms with E-state index in [4.69, 9.17) is 5.73 Å². The molecule has 0 spiro atoms. The molecule has 0 radical (unpaired) electrons. The Morgan fingerprint density at radius 1 is 1.27 bits per heavy atom. The highest BCUT2D eigenvalue weighted by molar-refractivity contribution is 5.85. The molecule has 0 aromatic carbocycles. The van der Waals surface area contributed by atoms with Gasteiger partial charge >= 0.3 is 0 Å². The third-order valence-corrected chi connectivity index (χ3v) is 2.15. The van der Waals surface area contributed by atoms with Gasteiger partial charge in [0.05, 0.1) is 11.5 Å². The number of carbonyl (C=O) groups excluding carboxylic acids is 1. The molecular weight excluding hydrogens is 166 g/mol. The second-order valence-corrected chi connectivity index (χ2v) is 3.00. The number of carboxylic acids is 1. The quantitative estimate of drug-likeness (QED) is 0.606. The van der Waals surface area contributed by atoms with E-state index in [2.05, 4.69) is 0 Å². The highest BCUT2D eigenvalue weighted by atomic mass is 35.5. The van der Waals surface area contributed by atoms with Crippen molar-refractivity contribution < 1.29 is 9.90 Å². The molecule has 1 aliphatic carbocycles. The minimum absolute atomic E-state index is 0. The first-order valence-electron chi connectivity index (χ1n) is 3.65. The Bertz CT molecular complexity index is 143. The van der Waals surface area contributed by atoms with Crippen molar-refractivity contribution >= 4 is 18.4 Å². The van der Waals surface area contributed by atoms with Crippen molar-refractivity contribution in [2.24, 2.45) is 5.73 Å². The van der Waals surface area contributed by atoms with Crippen LogP contribution in [0.25, 0.3) is 0 Å². The Hall–Kier alpha value is -0.280. The van der Waals surface area contributed by atoms with E-state index in [1.165, 1.54) is 0 Å². The molecule has 0 aliphatic heterocycles. The fourth-order valence-corrected chi connectivity index (χ4v) is 1.39. The molecule has 0 bridgehead atoms. The van der Waals surface area contributed by atoms with Crippen LogP contribution in [0.3, 0.4) is 0 Å². The van der Waals surface area contributed by atoms with Gasteiger partial charge in [-0.25, -0.2) is 0 Å². The van der Waals surface area contributed by atoms with Crippen LogP contribution in [-0.2, 0) is 4.79 Å². The summed E-state index contributed by atoms with van der Waals surface area (Å²) < 4.78 is 0. The minimum atomic E-state index is -1.09. The summed E-state index contributed by atoms with van der Waals surface area (Å²) in [6.07, 6.45) is 4.10. The summed E-state index contributed by atoms with van der Waals surface area (Å²) in [5.74, 6) is -1.09. The molecule has 66 valence electrons. The van der Waals surface area contributed by atoms with Crippen LogP contribution in [0.2, 0.25) is 0 Å². The smallest absolute Gasteiger partial charge is 0.0613 e. The van der Waals surface area contributed by atoms with Gasteiger partial charge in [0.2, 0.25) is 0 Å². The average molecular weight is 179 g/mol. The van der Waals surface area contributed by atoms with Gasteiger partial charge in [-0.05, 0) is 12.8 Å². The van der Waals surface area contributed by atoms with E-state index in [1.54, 1.807) is 0 Å². The summed E-state index contributed by atoms with van der Waals surface area (Å²) in [5, 5.41) is 10.4. The first kappa shape index (κ1) is 10.7. The van der Waals surface area contributed by atoms with Crippen molar-refractivity contribution in [3.05, 3.63) is 0 Å². The number of rotatable bonds is 1. The SMILES string of the molecule is Cl.NC1(C(=O)[O-])CCCCC1. The third kappa shape index (κ3) is 2.34. The van der Waals surface area contributed by atoms with Gasteiger partial charge in [-0.15, -0.1) is 12.4 Å². The van der Waals surface area contributed by atoms with Gasteiger partial charge in [0, 0.05) is 0 Å². The van der Waals surface area contributed by atoms with E-state index in [-0.39, 0.29) is 12.4 Å². The minimum Gasteiger partial charge on any atom is -0.548 e. The molecule has 0 amide bonds. The zero-order valence-corrected chi connectivity index (χ0v) is 7.15.